The molecule has 0 aliphatic carbocycles. The molecule has 5 nitrogen and oxygen atoms in total. The lowest BCUT2D eigenvalue weighted by Crippen LogP contribution is -2.46. The maximum atomic E-state index is 11.3. The first-order valence-electron chi connectivity index (χ1n) is 5.77. The van der Waals surface area contributed by atoms with Crippen LogP contribution in [0, 0.1) is 11.8 Å². The lowest BCUT2D eigenvalue weighted by molar-refractivity contribution is -0.0821. The van der Waals surface area contributed by atoms with Crippen molar-refractivity contribution in [2.24, 2.45) is 0 Å². The summed E-state index contributed by atoms with van der Waals surface area (Å²) in [5.41, 5.74) is -3.44. The Morgan fingerprint density at radius 3 is 2.06 bits per heavy atom. The Balaban J connectivity index is 4.27. The van der Waals surface area contributed by atoms with Crippen molar-refractivity contribution in [3.05, 3.63) is 0 Å². The standard InChI is InChI=1S/C13H23NO4/c1-11(2,3)18-10(15)14-9-7-8-13(6,17)12(4,5)16/h16-17H,9H2,1-6H3,(H,14,15). The van der Waals surface area contributed by atoms with Gasteiger partial charge in [-0.3, -0.25) is 0 Å². The van der Waals surface area contributed by atoms with Crippen molar-refractivity contribution >= 4 is 6.09 Å². The molecular weight excluding hydrogens is 234 g/mol. The summed E-state index contributed by atoms with van der Waals surface area (Å²) in [6.45, 7) is 9.66. The molecule has 5 heteroatoms. The minimum absolute atomic E-state index is 0.0428. The van der Waals surface area contributed by atoms with Crippen molar-refractivity contribution in [3.8, 4) is 11.8 Å². The first kappa shape index (κ1) is 16.8. The lowest BCUT2D eigenvalue weighted by Gasteiger charge is -2.30. The number of hydrogen-bond acceptors (Lipinski definition) is 4. The molecule has 0 radical (unpaired) electrons. The van der Waals surface area contributed by atoms with Gasteiger partial charge in [0.15, 0.2) is 5.60 Å². The number of hydrogen-bond donors (Lipinski definition) is 3. The maximum Gasteiger partial charge on any atom is 0.408 e. The van der Waals surface area contributed by atoms with Crippen molar-refractivity contribution in [3.63, 3.8) is 0 Å². The highest BCUT2D eigenvalue weighted by molar-refractivity contribution is 5.68. The molecule has 0 rings (SSSR count). The molecule has 1 atom stereocenters. The number of amides is 1. The molecule has 0 saturated heterocycles. The zero-order valence-corrected chi connectivity index (χ0v) is 11.9. The van der Waals surface area contributed by atoms with E-state index in [2.05, 4.69) is 17.2 Å². The normalized spacial score (nSPS) is 15.1. The topological polar surface area (TPSA) is 78.8 Å². The first-order chi connectivity index (χ1) is 7.85. The van der Waals surface area contributed by atoms with Gasteiger partial charge in [0, 0.05) is 0 Å². The number of carbonyl (C=O) groups is 1. The van der Waals surface area contributed by atoms with Crippen molar-refractivity contribution in [2.75, 3.05) is 6.54 Å². The molecule has 3 N–H and O–H groups in total. The van der Waals surface area contributed by atoms with E-state index in [-0.39, 0.29) is 6.54 Å². The van der Waals surface area contributed by atoms with E-state index in [0.717, 1.165) is 0 Å². The zero-order chi connectivity index (χ0) is 14.6. The van der Waals surface area contributed by atoms with Crippen LogP contribution in [0.15, 0.2) is 0 Å². The van der Waals surface area contributed by atoms with E-state index in [9.17, 15) is 15.0 Å². The monoisotopic (exact) mass is 257 g/mol. The SMILES string of the molecule is CC(C)(C)OC(=O)NCC#CC(C)(O)C(C)(C)O. The third kappa shape index (κ3) is 6.48. The molecule has 104 valence electrons. The molecular formula is C13H23NO4. The van der Waals surface area contributed by atoms with Gasteiger partial charge in [-0.2, -0.15) is 0 Å². The molecule has 0 heterocycles. The highest BCUT2D eigenvalue weighted by atomic mass is 16.6. The average molecular weight is 257 g/mol. The van der Waals surface area contributed by atoms with E-state index in [4.69, 9.17) is 4.74 Å². The lowest BCUT2D eigenvalue weighted by atomic mass is 9.88. The van der Waals surface area contributed by atoms with Crippen LogP contribution < -0.4 is 5.32 Å². The summed E-state index contributed by atoms with van der Waals surface area (Å²) in [7, 11) is 0. The van der Waals surface area contributed by atoms with E-state index >= 15 is 0 Å². The third-order valence-corrected chi connectivity index (χ3v) is 2.24. The fourth-order valence-electron chi connectivity index (χ4n) is 0.800. The number of ether oxygens (including phenoxy) is 1. The van der Waals surface area contributed by atoms with Crippen LogP contribution in [-0.4, -0.2) is 39.7 Å². The second-order valence-electron chi connectivity index (χ2n) is 5.79. The highest BCUT2D eigenvalue weighted by Crippen LogP contribution is 2.19. The molecule has 18 heavy (non-hydrogen) atoms. The predicted octanol–water partition coefficient (Wildman–Crippen LogP) is 1.04. The maximum absolute atomic E-state index is 11.3. The Bertz CT molecular complexity index is 350. The van der Waals surface area contributed by atoms with E-state index in [1.54, 1.807) is 20.8 Å². The third-order valence-electron chi connectivity index (χ3n) is 2.24. The predicted molar refractivity (Wildman–Crippen MR) is 68.9 cm³/mol. The summed E-state index contributed by atoms with van der Waals surface area (Å²) in [4.78, 5) is 11.3. The number of rotatable bonds is 2. The fraction of sp³-hybridized carbons (Fsp3) is 0.769. The summed E-state index contributed by atoms with van der Waals surface area (Å²) < 4.78 is 5.01. The van der Waals surface area contributed by atoms with Gasteiger partial charge in [0.2, 0.25) is 0 Å². The Morgan fingerprint density at radius 1 is 1.17 bits per heavy atom. The molecule has 1 unspecified atom stereocenters. The summed E-state index contributed by atoms with van der Waals surface area (Å²) in [5.74, 6) is 5.08. The zero-order valence-electron chi connectivity index (χ0n) is 11.9. The van der Waals surface area contributed by atoms with Gasteiger partial charge in [0.05, 0.1) is 12.1 Å². The second-order valence-corrected chi connectivity index (χ2v) is 5.79. The molecule has 0 aliphatic rings. The second kappa shape index (κ2) is 5.59. The van der Waals surface area contributed by atoms with E-state index in [1.165, 1.54) is 20.8 Å². The Kier molecular flexibility index (Phi) is 5.21. The molecule has 0 bridgehead atoms. The Labute approximate surface area is 109 Å². The van der Waals surface area contributed by atoms with Gasteiger partial charge in [-0.25, -0.2) is 4.79 Å². The number of carbonyl (C=O) groups excluding carboxylic acids is 1. The molecule has 0 aromatic rings. The first-order valence-corrected chi connectivity index (χ1v) is 5.77. The minimum Gasteiger partial charge on any atom is -0.444 e. The van der Waals surface area contributed by atoms with Gasteiger partial charge in [-0.1, -0.05) is 11.8 Å². The summed E-state index contributed by atoms with van der Waals surface area (Å²) >= 11 is 0. The smallest absolute Gasteiger partial charge is 0.408 e. The summed E-state index contributed by atoms with van der Waals surface area (Å²) in [6, 6.07) is 0. The quantitative estimate of drug-likeness (QED) is 0.646. The van der Waals surface area contributed by atoms with Crippen LogP contribution in [0.1, 0.15) is 41.5 Å². The van der Waals surface area contributed by atoms with Gasteiger partial charge in [0.1, 0.15) is 5.60 Å². The van der Waals surface area contributed by atoms with Crippen LogP contribution in [0.25, 0.3) is 0 Å². The van der Waals surface area contributed by atoms with Gasteiger partial charge < -0.3 is 20.3 Å². The molecule has 0 aromatic heterocycles. The van der Waals surface area contributed by atoms with Gasteiger partial charge in [-0.05, 0) is 41.5 Å². The number of alkyl carbamates (subject to hydrolysis) is 1. The summed E-state index contributed by atoms with van der Waals surface area (Å²) in [5, 5.41) is 21.9. The van der Waals surface area contributed by atoms with Crippen LogP contribution >= 0.6 is 0 Å². The Hall–Kier alpha value is -1.25. The van der Waals surface area contributed by atoms with Crippen molar-refractivity contribution < 1.29 is 19.7 Å². The van der Waals surface area contributed by atoms with Gasteiger partial charge >= 0.3 is 6.09 Å². The fourth-order valence-corrected chi connectivity index (χ4v) is 0.800. The van der Waals surface area contributed by atoms with Crippen LogP contribution in [0.4, 0.5) is 4.79 Å². The van der Waals surface area contributed by atoms with Gasteiger partial charge in [0.25, 0.3) is 0 Å². The summed E-state index contributed by atoms with van der Waals surface area (Å²) in [6.07, 6.45) is -0.570. The van der Waals surface area contributed by atoms with Crippen LogP contribution in [0.2, 0.25) is 0 Å². The number of nitrogens with one attached hydrogen (secondary N) is 1. The average Bonchev–Trinajstić information content (AvgIpc) is 2.07. The number of aliphatic hydroxyl groups is 2. The van der Waals surface area contributed by atoms with Crippen molar-refractivity contribution in [2.45, 2.75) is 58.3 Å². The van der Waals surface area contributed by atoms with Gasteiger partial charge in [-0.15, -0.1) is 0 Å². The van der Waals surface area contributed by atoms with Crippen LogP contribution in [0.3, 0.4) is 0 Å². The van der Waals surface area contributed by atoms with Crippen LogP contribution in [-0.2, 0) is 4.74 Å². The van der Waals surface area contributed by atoms with E-state index in [1.807, 2.05) is 0 Å². The highest BCUT2D eigenvalue weighted by Gasteiger charge is 2.35. The molecule has 0 aromatic carbocycles. The molecule has 1 amide bonds. The largest absolute Gasteiger partial charge is 0.444 e. The molecule has 0 spiro atoms. The minimum atomic E-state index is -1.54. The molecule has 0 saturated carbocycles. The molecule has 0 fully saturated rings. The van der Waals surface area contributed by atoms with Crippen molar-refractivity contribution in [1.29, 1.82) is 0 Å². The van der Waals surface area contributed by atoms with Crippen LogP contribution in [0.5, 0.6) is 0 Å². The molecule has 0 aliphatic heterocycles. The van der Waals surface area contributed by atoms with E-state index in [0.29, 0.717) is 0 Å². The van der Waals surface area contributed by atoms with Crippen molar-refractivity contribution in [1.82, 2.24) is 5.32 Å². The Morgan fingerprint density at radius 2 is 1.67 bits per heavy atom. The van der Waals surface area contributed by atoms with E-state index < -0.39 is 22.9 Å².